The fourth-order valence-electron chi connectivity index (χ4n) is 1.61. The number of ether oxygens (including phenoxy) is 1. The van der Waals surface area contributed by atoms with Crippen LogP contribution < -0.4 is 5.32 Å². The second-order valence-electron chi connectivity index (χ2n) is 4.05. The Labute approximate surface area is 110 Å². The molecule has 0 heterocycles. The third-order valence-electron chi connectivity index (χ3n) is 2.58. The van der Waals surface area contributed by atoms with Gasteiger partial charge in [0, 0.05) is 26.7 Å². The van der Waals surface area contributed by atoms with Gasteiger partial charge in [0.05, 0.1) is 5.56 Å². The van der Waals surface area contributed by atoms with Crippen molar-refractivity contribution >= 4 is 5.91 Å². The standard InChI is InChI=1S/C13H17F2NO3/c1-19-7-3-6-12(18)16-8-11(17)13-9(14)4-2-5-10(13)15/h2,4-5,11,17H,3,6-8H2,1H3,(H,16,18). The van der Waals surface area contributed by atoms with Crippen LogP contribution in [0.2, 0.25) is 0 Å². The highest BCUT2D eigenvalue weighted by Gasteiger charge is 2.18. The van der Waals surface area contributed by atoms with Crippen LogP contribution in [-0.2, 0) is 9.53 Å². The molecule has 1 unspecified atom stereocenters. The van der Waals surface area contributed by atoms with Crippen molar-refractivity contribution in [2.75, 3.05) is 20.3 Å². The molecular weight excluding hydrogens is 256 g/mol. The van der Waals surface area contributed by atoms with Gasteiger partial charge in [-0.25, -0.2) is 8.78 Å². The van der Waals surface area contributed by atoms with Gasteiger partial charge in [0.25, 0.3) is 0 Å². The van der Waals surface area contributed by atoms with Crippen LogP contribution in [0.25, 0.3) is 0 Å². The van der Waals surface area contributed by atoms with Gasteiger partial charge in [0.2, 0.25) is 5.91 Å². The highest BCUT2D eigenvalue weighted by atomic mass is 19.1. The quantitative estimate of drug-likeness (QED) is 0.741. The van der Waals surface area contributed by atoms with E-state index in [4.69, 9.17) is 4.74 Å². The summed E-state index contributed by atoms with van der Waals surface area (Å²) in [5, 5.41) is 12.1. The molecule has 1 aromatic rings. The number of hydrogen-bond acceptors (Lipinski definition) is 3. The summed E-state index contributed by atoms with van der Waals surface area (Å²) < 4.78 is 31.5. The highest BCUT2D eigenvalue weighted by molar-refractivity contribution is 5.75. The molecule has 0 fully saturated rings. The maximum absolute atomic E-state index is 13.3. The smallest absolute Gasteiger partial charge is 0.220 e. The summed E-state index contributed by atoms with van der Waals surface area (Å²) in [6, 6.07) is 3.33. The van der Waals surface area contributed by atoms with E-state index >= 15 is 0 Å². The first-order chi connectivity index (χ1) is 9.06. The Morgan fingerprint density at radius 2 is 2.05 bits per heavy atom. The molecule has 0 aliphatic heterocycles. The third kappa shape index (κ3) is 4.92. The molecule has 1 atom stereocenters. The number of hydrogen-bond donors (Lipinski definition) is 2. The predicted molar refractivity (Wildman–Crippen MR) is 65.4 cm³/mol. The number of methoxy groups -OCH3 is 1. The summed E-state index contributed by atoms with van der Waals surface area (Å²) in [4.78, 5) is 11.4. The van der Waals surface area contributed by atoms with Crippen molar-refractivity contribution in [1.29, 1.82) is 0 Å². The molecule has 6 heteroatoms. The van der Waals surface area contributed by atoms with Gasteiger partial charge in [0.1, 0.15) is 17.7 Å². The fraction of sp³-hybridized carbons (Fsp3) is 0.462. The maximum Gasteiger partial charge on any atom is 0.220 e. The van der Waals surface area contributed by atoms with Crippen LogP contribution in [0.3, 0.4) is 0 Å². The van der Waals surface area contributed by atoms with Crippen LogP contribution in [0.4, 0.5) is 8.78 Å². The van der Waals surface area contributed by atoms with Gasteiger partial charge < -0.3 is 15.2 Å². The number of halogens is 2. The van der Waals surface area contributed by atoms with Gasteiger partial charge >= 0.3 is 0 Å². The molecule has 0 aromatic heterocycles. The number of rotatable bonds is 7. The second-order valence-corrected chi connectivity index (χ2v) is 4.05. The number of aliphatic hydroxyl groups excluding tert-OH is 1. The molecule has 19 heavy (non-hydrogen) atoms. The summed E-state index contributed by atoms with van der Waals surface area (Å²) in [5.74, 6) is -1.96. The number of aliphatic hydroxyl groups is 1. The Hall–Kier alpha value is -1.53. The van der Waals surface area contributed by atoms with E-state index in [1.807, 2.05) is 0 Å². The van der Waals surface area contributed by atoms with Crippen molar-refractivity contribution in [3.8, 4) is 0 Å². The van der Waals surface area contributed by atoms with E-state index in [0.29, 0.717) is 13.0 Å². The first-order valence-electron chi connectivity index (χ1n) is 5.94. The molecule has 0 saturated heterocycles. The van der Waals surface area contributed by atoms with Gasteiger partial charge in [-0.05, 0) is 18.6 Å². The molecule has 0 radical (unpaired) electrons. The molecule has 0 saturated carbocycles. The predicted octanol–water partition coefficient (Wildman–Crippen LogP) is 1.54. The molecule has 2 N–H and O–H groups in total. The normalized spacial score (nSPS) is 12.2. The molecule has 0 bridgehead atoms. The molecule has 0 aliphatic carbocycles. The zero-order valence-corrected chi connectivity index (χ0v) is 10.7. The molecule has 1 aromatic carbocycles. The van der Waals surface area contributed by atoms with E-state index in [-0.39, 0.29) is 18.9 Å². The molecule has 4 nitrogen and oxygen atoms in total. The van der Waals surface area contributed by atoms with E-state index < -0.39 is 23.3 Å². The average Bonchev–Trinajstić information content (AvgIpc) is 2.36. The summed E-state index contributed by atoms with van der Waals surface area (Å²) in [5.41, 5.74) is -0.431. The topological polar surface area (TPSA) is 58.6 Å². The largest absolute Gasteiger partial charge is 0.386 e. The number of carbonyl (C=O) groups is 1. The van der Waals surface area contributed by atoms with E-state index in [1.54, 1.807) is 0 Å². The van der Waals surface area contributed by atoms with E-state index in [2.05, 4.69) is 5.32 Å². The minimum absolute atomic E-state index is 0.232. The molecule has 1 amide bonds. The minimum atomic E-state index is -1.41. The fourth-order valence-corrected chi connectivity index (χ4v) is 1.61. The molecule has 0 spiro atoms. The van der Waals surface area contributed by atoms with Crippen LogP contribution in [0.5, 0.6) is 0 Å². The zero-order valence-electron chi connectivity index (χ0n) is 10.7. The van der Waals surface area contributed by atoms with Gasteiger partial charge in [0.15, 0.2) is 0 Å². The van der Waals surface area contributed by atoms with Gasteiger partial charge in [-0.3, -0.25) is 4.79 Å². The van der Waals surface area contributed by atoms with Gasteiger partial charge in [-0.1, -0.05) is 6.07 Å². The Balaban J connectivity index is 2.47. The van der Waals surface area contributed by atoms with E-state index in [1.165, 1.54) is 13.2 Å². The number of carbonyl (C=O) groups excluding carboxylic acids is 1. The Kier molecular flexibility index (Phi) is 6.38. The van der Waals surface area contributed by atoms with E-state index in [0.717, 1.165) is 12.1 Å². The lowest BCUT2D eigenvalue weighted by molar-refractivity contribution is -0.121. The highest BCUT2D eigenvalue weighted by Crippen LogP contribution is 2.19. The van der Waals surface area contributed by atoms with Crippen molar-refractivity contribution in [1.82, 2.24) is 5.32 Å². The number of benzene rings is 1. The minimum Gasteiger partial charge on any atom is -0.386 e. The monoisotopic (exact) mass is 273 g/mol. The lowest BCUT2D eigenvalue weighted by atomic mass is 10.1. The summed E-state index contributed by atoms with van der Waals surface area (Å²) in [7, 11) is 1.53. The SMILES string of the molecule is COCCCC(=O)NCC(O)c1c(F)cccc1F. The van der Waals surface area contributed by atoms with Crippen LogP contribution >= 0.6 is 0 Å². The molecule has 1 rings (SSSR count). The number of amides is 1. The van der Waals surface area contributed by atoms with Crippen LogP contribution in [0.1, 0.15) is 24.5 Å². The second kappa shape index (κ2) is 7.81. The first kappa shape index (κ1) is 15.5. The van der Waals surface area contributed by atoms with Gasteiger partial charge in [-0.15, -0.1) is 0 Å². The third-order valence-corrected chi connectivity index (χ3v) is 2.58. The summed E-state index contributed by atoms with van der Waals surface area (Å²) >= 11 is 0. The lowest BCUT2D eigenvalue weighted by Crippen LogP contribution is -2.29. The van der Waals surface area contributed by atoms with Crippen molar-refractivity contribution in [3.63, 3.8) is 0 Å². The van der Waals surface area contributed by atoms with Gasteiger partial charge in [-0.2, -0.15) is 0 Å². The zero-order chi connectivity index (χ0) is 14.3. The average molecular weight is 273 g/mol. The van der Waals surface area contributed by atoms with Crippen molar-refractivity contribution < 1.29 is 23.4 Å². The first-order valence-corrected chi connectivity index (χ1v) is 5.94. The molecule has 0 aliphatic rings. The van der Waals surface area contributed by atoms with Crippen molar-refractivity contribution in [3.05, 3.63) is 35.4 Å². The van der Waals surface area contributed by atoms with E-state index in [9.17, 15) is 18.7 Å². The van der Waals surface area contributed by atoms with Crippen molar-refractivity contribution in [2.45, 2.75) is 18.9 Å². The van der Waals surface area contributed by atoms with Crippen LogP contribution in [-0.4, -0.2) is 31.3 Å². The Morgan fingerprint density at radius 3 is 2.63 bits per heavy atom. The molecular formula is C13H17F2NO3. The van der Waals surface area contributed by atoms with Crippen molar-refractivity contribution in [2.24, 2.45) is 0 Å². The maximum atomic E-state index is 13.3. The van der Waals surface area contributed by atoms with Crippen LogP contribution in [0.15, 0.2) is 18.2 Å². The molecule has 106 valence electrons. The summed E-state index contributed by atoms with van der Waals surface area (Å²) in [6.07, 6.45) is -0.625. The Morgan fingerprint density at radius 1 is 1.42 bits per heavy atom. The number of nitrogens with one attached hydrogen (secondary N) is 1. The van der Waals surface area contributed by atoms with Crippen LogP contribution in [0, 0.1) is 11.6 Å². The lowest BCUT2D eigenvalue weighted by Gasteiger charge is -2.13. The Bertz CT molecular complexity index is 406. The summed E-state index contributed by atoms with van der Waals surface area (Å²) in [6.45, 7) is 0.224.